The van der Waals surface area contributed by atoms with Gasteiger partial charge in [0.05, 0.1) is 5.69 Å². The smallest absolute Gasteiger partial charge is 0.303 e. The Hall–Kier alpha value is -1.11. The van der Waals surface area contributed by atoms with Crippen molar-refractivity contribution in [3.05, 3.63) is 29.8 Å². The maximum absolute atomic E-state index is 12.7. The number of aryl methyl sites for hydroxylation is 1. The average molecular weight is 298 g/mol. The number of aliphatic hydroxyl groups is 1. The first kappa shape index (κ1) is 15.3. The van der Waals surface area contributed by atoms with Gasteiger partial charge in [0.25, 0.3) is 0 Å². The summed E-state index contributed by atoms with van der Waals surface area (Å²) in [5.74, 6) is 0.0452. The van der Waals surface area contributed by atoms with Crippen molar-refractivity contribution in [3.63, 3.8) is 0 Å². The van der Waals surface area contributed by atoms with E-state index in [2.05, 4.69) is 0 Å². The van der Waals surface area contributed by atoms with Gasteiger partial charge in [0.2, 0.25) is 0 Å². The fourth-order valence-electron chi connectivity index (χ4n) is 2.60. The molecule has 0 bridgehead atoms. The van der Waals surface area contributed by atoms with Crippen molar-refractivity contribution in [1.82, 2.24) is 4.31 Å². The number of rotatable bonds is 4. The lowest BCUT2D eigenvalue weighted by molar-refractivity contribution is 0.165. The summed E-state index contributed by atoms with van der Waals surface area (Å²) in [6.45, 7) is 2.86. The Labute approximate surface area is 121 Å². The molecule has 1 unspecified atom stereocenters. The molecule has 1 N–H and O–H groups in total. The molecular weight excluding hydrogens is 276 g/mol. The molecule has 0 saturated carbocycles. The summed E-state index contributed by atoms with van der Waals surface area (Å²) in [4.78, 5) is 0. The minimum atomic E-state index is -3.53. The van der Waals surface area contributed by atoms with Crippen LogP contribution in [0.25, 0.3) is 0 Å². The van der Waals surface area contributed by atoms with Gasteiger partial charge in [0.1, 0.15) is 0 Å². The highest BCUT2D eigenvalue weighted by atomic mass is 32.2. The highest BCUT2D eigenvalue weighted by Gasteiger charge is 2.32. The summed E-state index contributed by atoms with van der Waals surface area (Å²) < 4.78 is 28.2. The van der Waals surface area contributed by atoms with Gasteiger partial charge in [0.15, 0.2) is 0 Å². The maximum atomic E-state index is 12.7. The van der Waals surface area contributed by atoms with Crippen molar-refractivity contribution in [2.45, 2.75) is 19.8 Å². The molecule has 20 heavy (non-hydrogen) atoms. The molecule has 1 saturated heterocycles. The van der Waals surface area contributed by atoms with Crippen molar-refractivity contribution in [1.29, 1.82) is 0 Å². The van der Waals surface area contributed by atoms with Crippen molar-refractivity contribution in [3.8, 4) is 0 Å². The molecule has 112 valence electrons. The van der Waals surface area contributed by atoms with E-state index in [0.29, 0.717) is 18.8 Å². The van der Waals surface area contributed by atoms with E-state index in [1.165, 1.54) is 8.61 Å². The standard InChI is InChI=1S/C14H22N2O3S/c1-12-6-3-4-8-14(12)15(2)20(18,19)16-9-5-7-13(10-16)11-17/h3-4,6,8,13,17H,5,7,9-11H2,1-2H3. The fourth-order valence-corrected chi connectivity index (χ4v) is 4.16. The zero-order chi connectivity index (χ0) is 14.8. The molecule has 0 aliphatic carbocycles. The van der Waals surface area contributed by atoms with Gasteiger partial charge < -0.3 is 5.11 Å². The van der Waals surface area contributed by atoms with E-state index in [9.17, 15) is 13.5 Å². The minimum absolute atomic E-state index is 0.0418. The molecule has 0 amide bonds. The molecule has 0 aromatic heterocycles. The van der Waals surface area contributed by atoms with E-state index < -0.39 is 10.2 Å². The summed E-state index contributed by atoms with van der Waals surface area (Å²) in [5, 5.41) is 9.24. The summed E-state index contributed by atoms with van der Waals surface area (Å²) >= 11 is 0. The van der Waals surface area contributed by atoms with Crippen LogP contribution in [0.4, 0.5) is 5.69 Å². The number of aliphatic hydroxyl groups excluding tert-OH is 1. The Kier molecular flexibility index (Phi) is 4.67. The van der Waals surface area contributed by atoms with Crippen molar-refractivity contribution >= 4 is 15.9 Å². The van der Waals surface area contributed by atoms with Gasteiger partial charge >= 0.3 is 10.2 Å². The molecule has 1 aromatic rings. The van der Waals surface area contributed by atoms with Crippen LogP contribution in [0.2, 0.25) is 0 Å². The largest absolute Gasteiger partial charge is 0.396 e. The van der Waals surface area contributed by atoms with Crippen molar-refractivity contribution < 1.29 is 13.5 Å². The zero-order valence-corrected chi connectivity index (χ0v) is 12.8. The molecule has 1 aliphatic rings. The molecule has 0 radical (unpaired) electrons. The lowest BCUT2D eigenvalue weighted by atomic mass is 10.0. The first-order valence-electron chi connectivity index (χ1n) is 6.87. The molecule has 1 aliphatic heterocycles. The monoisotopic (exact) mass is 298 g/mol. The van der Waals surface area contributed by atoms with Gasteiger partial charge in [-0.1, -0.05) is 18.2 Å². The SMILES string of the molecule is Cc1ccccc1N(C)S(=O)(=O)N1CCCC(CO)C1. The number of para-hydroxylation sites is 1. The molecule has 2 rings (SSSR count). The van der Waals surface area contributed by atoms with Crippen molar-refractivity contribution in [2.75, 3.05) is 31.0 Å². The van der Waals surface area contributed by atoms with Crippen LogP contribution < -0.4 is 4.31 Å². The summed E-state index contributed by atoms with van der Waals surface area (Å²) in [5.41, 5.74) is 1.62. The molecule has 5 nitrogen and oxygen atoms in total. The van der Waals surface area contributed by atoms with Gasteiger partial charge in [-0.05, 0) is 37.3 Å². The van der Waals surface area contributed by atoms with Crippen LogP contribution in [0.1, 0.15) is 18.4 Å². The maximum Gasteiger partial charge on any atom is 0.303 e. The Morgan fingerprint density at radius 1 is 1.40 bits per heavy atom. The Balaban J connectivity index is 2.24. The van der Waals surface area contributed by atoms with E-state index in [4.69, 9.17) is 0 Å². The van der Waals surface area contributed by atoms with Gasteiger partial charge in [-0.25, -0.2) is 0 Å². The van der Waals surface area contributed by atoms with Crippen LogP contribution in [0.15, 0.2) is 24.3 Å². The second-order valence-electron chi connectivity index (χ2n) is 5.31. The first-order valence-corrected chi connectivity index (χ1v) is 8.27. The predicted octanol–water partition coefficient (Wildman–Crippen LogP) is 1.38. The molecule has 6 heteroatoms. The topological polar surface area (TPSA) is 60.9 Å². The number of anilines is 1. The van der Waals surface area contributed by atoms with Crippen LogP contribution in [0.5, 0.6) is 0 Å². The summed E-state index contributed by atoms with van der Waals surface area (Å²) in [7, 11) is -1.94. The van der Waals surface area contributed by atoms with Crippen LogP contribution in [0.3, 0.4) is 0 Å². The number of hydrogen-bond acceptors (Lipinski definition) is 3. The van der Waals surface area contributed by atoms with E-state index >= 15 is 0 Å². The van der Waals surface area contributed by atoms with Gasteiger partial charge in [-0.15, -0.1) is 0 Å². The third-order valence-electron chi connectivity index (χ3n) is 3.87. The Morgan fingerprint density at radius 3 is 2.75 bits per heavy atom. The van der Waals surface area contributed by atoms with Gasteiger partial charge in [-0.3, -0.25) is 4.31 Å². The lowest BCUT2D eigenvalue weighted by Gasteiger charge is -2.34. The van der Waals surface area contributed by atoms with Crippen LogP contribution in [-0.2, 0) is 10.2 Å². The Morgan fingerprint density at radius 2 is 2.10 bits per heavy atom. The zero-order valence-electron chi connectivity index (χ0n) is 12.0. The second-order valence-corrected chi connectivity index (χ2v) is 7.27. The third-order valence-corrected chi connectivity index (χ3v) is 5.74. The second kappa shape index (κ2) is 6.11. The minimum Gasteiger partial charge on any atom is -0.396 e. The molecule has 1 fully saturated rings. The molecule has 1 atom stereocenters. The third kappa shape index (κ3) is 2.97. The summed E-state index contributed by atoms with van der Waals surface area (Å²) in [6.07, 6.45) is 1.68. The van der Waals surface area contributed by atoms with Gasteiger partial charge in [0, 0.05) is 26.7 Å². The quantitative estimate of drug-likeness (QED) is 0.913. The van der Waals surface area contributed by atoms with Crippen LogP contribution in [0, 0.1) is 12.8 Å². The molecule has 0 spiro atoms. The normalized spacial score (nSPS) is 20.9. The fraction of sp³-hybridized carbons (Fsp3) is 0.571. The Bertz CT molecular complexity index is 559. The lowest BCUT2D eigenvalue weighted by Crippen LogP contribution is -2.47. The van der Waals surface area contributed by atoms with Crippen LogP contribution >= 0.6 is 0 Å². The predicted molar refractivity (Wildman–Crippen MR) is 79.9 cm³/mol. The molecule has 1 heterocycles. The highest BCUT2D eigenvalue weighted by molar-refractivity contribution is 7.90. The first-order chi connectivity index (χ1) is 9.46. The average Bonchev–Trinajstić information content (AvgIpc) is 2.47. The van der Waals surface area contributed by atoms with Gasteiger partial charge in [-0.2, -0.15) is 12.7 Å². The van der Waals surface area contributed by atoms with E-state index in [1.54, 1.807) is 13.1 Å². The molecular formula is C14H22N2O3S. The number of benzene rings is 1. The number of hydrogen-bond donors (Lipinski definition) is 1. The van der Waals surface area contributed by atoms with Crippen LogP contribution in [-0.4, -0.2) is 44.6 Å². The summed E-state index contributed by atoms with van der Waals surface area (Å²) in [6, 6.07) is 7.43. The van der Waals surface area contributed by atoms with E-state index in [1.807, 2.05) is 25.1 Å². The van der Waals surface area contributed by atoms with E-state index in [-0.39, 0.29) is 12.5 Å². The number of piperidine rings is 1. The van der Waals surface area contributed by atoms with E-state index in [0.717, 1.165) is 18.4 Å². The van der Waals surface area contributed by atoms with Crippen molar-refractivity contribution in [2.24, 2.45) is 5.92 Å². The molecule has 1 aromatic carbocycles. The number of nitrogens with zero attached hydrogens (tertiary/aromatic N) is 2. The highest BCUT2D eigenvalue weighted by Crippen LogP contribution is 2.25.